The standard InChI is InChI=1S/C27H39N7O2/c1-19-16-32(26(35)36-27(2,3)4)12-13-33(19)24-23-22(31-10-5-6-11-31)17-34(25(23)30-18-29-24)21-9-7-8-20(14-21)15-28/h17-21H,5-14,16H2,1-4H3. The number of fused-ring (bicyclic) bond motifs is 1. The van der Waals surface area contributed by atoms with Crippen molar-refractivity contribution in [3.05, 3.63) is 12.5 Å². The van der Waals surface area contributed by atoms with Crippen molar-refractivity contribution in [3.63, 3.8) is 0 Å². The van der Waals surface area contributed by atoms with Crippen molar-refractivity contribution >= 4 is 28.6 Å². The number of ether oxygens (including phenoxy) is 1. The van der Waals surface area contributed by atoms with E-state index in [1.807, 2.05) is 20.8 Å². The van der Waals surface area contributed by atoms with Gasteiger partial charge < -0.3 is 24.0 Å². The number of carbonyl (C=O) groups is 1. The summed E-state index contributed by atoms with van der Waals surface area (Å²) in [5, 5.41) is 10.7. The molecule has 0 N–H and O–H groups in total. The lowest BCUT2D eigenvalue weighted by Gasteiger charge is -2.41. The van der Waals surface area contributed by atoms with Crippen LogP contribution in [0, 0.1) is 17.2 Å². The quantitative estimate of drug-likeness (QED) is 0.610. The molecule has 2 aromatic rings. The third-order valence-corrected chi connectivity index (χ3v) is 7.79. The van der Waals surface area contributed by atoms with E-state index in [-0.39, 0.29) is 24.1 Å². The highest BCUT2D eigenvalue weighted by Crippen LogP contribution is 2.41. The van der Waals surface area contributed by atoms with Crippen LogP contribution in [0.25, 0.3) is 11.0 Å². The number of amides is 1. The first-order valence-corrected chi connectivity index (χ1v) is 13.5. The molecule has 9 nitrogen and oxygen atoms in total. The lowest BCUT2D eigenvalue weighted by Crippen LogP contribution is -2.54. The van der Waals surface area contributed by atoms with Gasteiger partial charge in [-0.1, -0.05) is 6.42 Å². The molecule has 9 heteroatoms. The van der Waals surface area contributed by atoms with E-state index in [1.165, 1.54) is 18.5 Å². The molecule has 3 fully saturated rings. The van der Waals surface area contributed by atoms with Gasteiger partial charge in [0, 0.05) is 56.9 Å². The van der Waals surface area contributed by atoms with E-state index in [2.05, 4.69) is 33.6 Å². The molecule has 2 saturated heterocycles. The Morgan fingerprint density at radius 2 is 1.89 bits per heavy atom. The zero-order valence-corrected chi connectivity index (χ0v) is 22.1. The van der Waals surface area contributed by atoms with Crippen LogP contribution in [-0.2, 0) is 4.74 Å². The van der Waals surface area contributed by atoms with Gasteiger partial charge in [0.1, 0.15) is 23.4 Å². The molecule has 1 aliphatic carbocycles. The number of hydrogen-bond donors (Lipinski definition) is 0. The molecule has 3 atom stereocenters. The van der Waals surface area contributed by atoms with Crippen LogP contribution in [0.5, 0.6) is 0 Å². The number of rotatable bonds is 3. The summed E-state index contributed by atoms with van der Waals surface area (Å²) >= 11 is 0. The molecule has 3 aliphatic rings. The minimum Gasteiger partial charge on any atom is -0.444 e. The average Bonchev–Trinajstić information content (AvgIpc) is 3.51. The van der Waals surface area contributed by atoms with Gasteiger partial charge in [0.15, 0.2) is 0 Å². The predicted molar refractivity (Wildman–Crippen MR) is 140 cm³/mol. The van der Waals surface area contributed by atoms with E-state index in [0.717, 1.165) is 55.6 Å². The van der Waals surface area contributed by atoms with E-state index in [1.54, 1.807) is 11.2 Å². The molecule has 4 heterocycles. The Balaban J connectivity index is 1.48. The molecule has 0 bridgehead atoms. The fourth-order valence-electron chi connectivity index (χ4n) is 6.04. The Hall–Kier alpha value is -3.02. The van der Waals surface area contributed by atoms with Gasteiger partial charge in [-0.3, -0.25) is 0 Å². The third-order valence-electron chi connectivity index (χ3n) is 7.79. The second-order valence-corrected chi connectivity index (χ2v) is 11.6. The van der Waals surface area contributed by atoms with Crippen LogP contribution in [-0.4, -0.2) is 69.9 Å². The SMILES string of the molecule is CC1CN(C(=O)OC(C)(C)C)CCN1c1ncnc2c1c(N1CCCC1)cn2C1CCCC(C#N)C1. The molecule has 2 aliphatic heterocycles. The molecule has 1 amide bonds. The van der Waals surface area contributed by atoms with Gasteiger partial charge in [-0.25, -0.2) is 14.8 Å². The van der Waals surface area contributed by atoms with E-state index in [0.29, 0.717) is 19.6 Å². The number of nitriles is 1. The molecule has 194 valence electrons. The average molecular weight is 494 g/mol. The molecule has 3 unspecified atom stereocenters. The van der Waals surface area contributed by atoms with Crippen LogP contribution in [0.3, 0.4) is 0 Å². The summed E-state index contributed by atoms with van der Waals surface area (Å²) in [6.07, 6.45) is 10.1. The van der Waals surface area contributed by atoms with Gasteiger partial charge in [0.05, 0.1) is 17.1 Å². The maximum absolute atomic E-state index is 12.7. The number of carbonyl (C=O) groups excluding carboxylic acids is 1. The first kappa shape index (κ1) is 24.7. The Labute approximate surface area is 214 Å². The number of nitrogens with zero attached hydrogens (tertiary/aromatic N) is 7. The highest BCUT2D eigenvalue weighted by Gasteiger charge is 2.34. The van der Waals surface area contributed by atoms with Gasteiger partial charge in [0.25, 0.3) is 0 Å². The number of piperazine rings is 1. The second kappa shape index (κ2) is 9.79. The Morgan fingerprint density at radius 3 is 2.58 bits per heavy atom. The van der Waals surface area contributed by atoms with Crippen LogP contribution >= 0.6 is 0 Å². The number of anilines is 2. The van der Waals surface area contributed by atoms with Crippen molar-refractivity contribution in [3.8, 4) is 6.07 Å². The molecule has 0 radical (unpaired) electrons. The maximum Gasteiger partial charge on any atom is 0.410 e. The summed E-state index contributed by atoms with van der Waals surface area (Å²) in [7, 11) is 0. The van der Waals surface area contributed by atoms with Crippen LogP contribution in [0.15, 0.2) is 12.5 Å². The van der Waals surface area contributed by atoms with Crippen molar-refractivity contribution < 1.29 is 9.53 Å². The van der Waals surface area contributed by atoms with Crippen molar-refractivity contribution in [2.45, 2.75) is 83.9 Å². The number of hydrogen-bond acceptors (Lipinski definition) is 7. The smallest absolute Gasteiger partial charge is 0.410 e. The molecular weight excluding hydrogens is 454 g/mol. The zero-order chi connectivity index (χ0) is 25.4. The molecule has 0 spiro atoms. The summed E-state index contributed by atoms with van der Waals surface area (Å²) in [4.78, 5) is 28.9. The molecule has 0 aromatic carbocycles. The van der Waals surface area contributed by atoms with Crippen molar-refractivity contribution in [2.24, 2.45) is 5.92 Å². The van der Waals surface area contributed by atoms with Crippen LogP contribution < -0.4 is 9.80 Å². The predicted octanol–water partition coefficient (Wildman–Crippen LogP) is 4.73. The molecule has 5 rings (SSSR count). The van der Waals surface area contributed by atoms with Crippen molar-refractivity contribution in [1.29, 1.82) is 5.26 Å². The molecule has 1 saturated carbocycles. The molecular formula is C27H39N7O2. The van der Waals surface area contributed by atoms with Gasteiger partial charge in [-0.05, 0) is 59.8 Å². The fraction of sp³-hybridized carbons (Fsp3) is 0.704. The molecule has 36 heavy (non-hydrogen) atoms. The maximum atomic E-state index is 12.7. The van der Waals surface area contributed by atoms with E-state index >= 15 is 0 Å². The lowest BCUT2D eigenvalue weighted by atomic mass is 9.86. The summed E-state index contributed by atoms with van der Waals surface area (Å²) in [5.74, 6) is 1.06. The van der Waals surface area contributed by atoms with Crippen LogP contribution in [0.1, 0.15) is 72.3 Å². The van der Waals surface area contributed by atoms with E-state index in [4.69, 9.17) is 14.7 Å². The first-order valence-electron chi connectivity index (χ1n) is 13.5. The highest BCUT2D eigenvalue weighted by molar-refractivity contribution is 6.00. The Bertz CT molecular complexity index is 1140. The summed E-state index contributed by atoms with van der Waals surface area (Å²) in [6.45, 7) is 11.8. The van der Waals surface area contributed by atoms with Crippen molar-refractivity contribution in [2.75, 3.05) is 42.5 Å². The summed E-state index contributed by atoms with van der Waals surface area (Å²) in [6, 6.07) is 2.88. The largest absolute Gasteiger partial charge is 0.444 e. The van der Waals surface area contributed by atoms with Crippen LogP contribution in [0.4, 0.5) is 16.3 Å². The minimum absolute atomic E-state index is 0.0943. The molecule has 2 aromatic heterocycles. The second-order valence-electron chi connectivity index (χ2n) is 11.6. The topological polar surface area (TPSA) is 90.5 Å². The Morgan fingerprint density at radius 1 is 1.11 bits per heavy atom. The first-order chi connectivity index (χ1) is 17.2. The van der Waals surface area contributed by atoms with Crippen LogP contribution in [0.2, 0.25) is 0 Å². The van der Waals surface area contributed by atoms with Crippen molar-refractivity contribution in [1.82, 2.24) is 19.4 Å². The van der Waals surface area contributed by atoms with E-state index in [9.17, 15) is 10.1 Å². The van der Waals surface area contributed by atoms with Gasteiger partial charge in [-0.15, -0.1) is 0 Å². The highest BCUT2D eigenvalue weighted by atomic mass is 16.6. The monoisotopic (exact) mass is 493 g/mol. The minimum atomic E-state index is -0.506. The van der Waals surface area contributed by atoms with E-state index < -0.39 is 5.60 Å². The number of aromatic nitrogens is 3. The van der Waals surface area contributed by atoms with Gasteiger partial charge in [-0.2, -0.15) is 5.26 Å². The lowest BCUT2D eigenvalue weighted by molar-refractivity contribution is 0.0218. The zero-order valence-electron chi connectivity index (χ0n) is 22.1. The summed E-state index contributed by atoms with van der Waals surface area (Å²) in [5.41, 5.74) is 1.67. The normalized spacial score (nSPS) is 25.3. The fourth-order valence-corrected chi connectivity index (χ4v) is 6.04. The summed E-state index contributed by atoms with van der Waals surface area (Å²) < 4.78 is 7.95. The third kappa shape index (κ3) is 4.82. The Kier molecular flexibility index (Phi) is 6.71. The van der Waals surface area contributed by atoms with Gasteiger partial charge >= 0.3 is 6.09 Å². The van der Waals surface area contributed by atoms with Gasteiger partial charge in [0.2, 0.25) is 0 Å².